The molecule has 4 rings (SSSR count). The lowest BCUT2D eigenvalue weighted by atomic mass is 10.2. The van der Waals surface area contributed by atoms with Gasteiger partial charge in [0.25, 0.3) is 5.91 Å². The Balaban J connectivity index is 1.39. The quantitative estimate of drug-likeness (QED) is 0.597. The van der Waals surface area contributed by atoms with Gasteiger partial charge in [-0.2, -0.15) is 11.8 Å². The summed E-state index contributed by atoms with van der Waals surface area (Å²) >= 11 is 3.43. The summed E-state index contributed by atoms with van der Waals surface area (Å²) in [6, 6.07) is 11.8. The number of thioether (sulfide) groups is 1. The van der Waals surface area contributed by atoms with Gasteiger partial charge in [0.1, 0.15) is 22.3 Å². The van der Waals surface area contributed by atoms with Crippen molar-refractivity contribution in [3.05, 3.63) is 59.2 Å². The number of pyridine rings is 1. The van der Waals surface area contributed by atoms with Crippen LogP contribution in [0.4, 0.5) is 5.82 Å². The fraction of sp³-hybridized carbons (Fsp3) is 0.318. The third-order valence-corrected chi connectivity index (χ3v) is 6.61. The number of nitrogens with zero attached hydrogens (tertiary/aromatic N) is 3. The van der Waals surface area contributed by atoms with Gasteiger partial charge in [0.2, 0.25) is 0 Å². The molecule has 1 N–H and O–H groups in total. The monoisotopic (exact) mass is 440 g/mol. The van der Waals surface area contributed by atoms with E-state index in [2.05, 4.69) is 20.2 Å². The highest BCUT2D eigenvalue weighted by atomic mass is 32.2. The molecule has 3 heterocycles. The molecule has 1 saturated heterocycles. The van der Waals surface area contributed by atoms with Crippen molar-refractivity contribution in [2.24, 2.45) is 0 Å². The van der Waals surface area contributed by atoms with Gasteiger partial charge in [-0.1, -0.05) is 18.2 Å². The molecular formula is C22H24N4O2S2. The second-order valence-corrected chi connectivity index (χ2v) is 8.85. The minimum Gasteiger partial charge on any atom is -0.494 e. The highest BCUT2D eigenvalue weighted by Gasteiger charge is 2.15. The minimum absolute atomic E-state index is 0.195. The fourth-order valence-corrected chi connectivity index (χ4v) is 4.91. The SMILES string of the molecule is CCOc1ccccc1CNC(=O)c1csc(-c2ccc(N3CCSCC3)nc2)n1. The maximum Gasteiger partial charge on any atom is 0.271 e. The number of hydrogen-bond donors (Lipinski definition) is 1. The van der Waals surface area contributed by atoms with E-state index >= 15 is 0 Å². The molecular weight excluding hydrogens is 416 g/mol. The van der Waals surface area contributed by atoms with E-state index in [4.69, 9.17) is 4.74 Å². The summed E-state index contributed by atoms with van der Waals surface area (Å²) in [4.78, 5) is 24.0. The summed E-state index contributed by atoms with van der Waals surface area (Å²) in [5, 5.41) is 5.51. The average molecular weight is 441 g/mol. The first-order valence-corrected chi connectivity index (χ1v) is 12.0. The molecule has 0 unspecified atom stereocenters. The molecule has 2 aromatic heterocycles. The number of amides is 1. The van der Waals surface area contributed by atoms with Gasteiger partial charge in [0, 0.05) is 53.8 Å². The maximum atomic E-state index is 12.6. The van der Waals surface area contributed by atoms with Crippen LogP contribution in [0.25, 0.3) is 10.6 Å². The van der Waals surface area contributed by atoms with Crippen molar-refractivity contribution in [2.45, 2.75) is 13.5 Å². The van der Waals surface area contributed by atoms with E-state index in [-0.39, 0.29) is 5.91 Å². The second-order valence-electron chi connectivity index (χ2n) is 6.77. The first-order valence-electron chi connectivity index (χ1n) is 9.98. The molecule has 1 aliphatic rings. The lowest BCUT2D eigenvalue weighted by molar-refractivity contribution is 0.0946. The Morgan fingerprint density at radius 1 is 1.20 bits per heavy atom. The topological polar surface area (TPSA) is 67.3 Å². The Labute approximate surface area is 184 Å². The first kappa shape index (κ1) is 20.7. The molecule has 8 heteroatoms. The number of hydrogen-bond acceptors (Lipinski definition) is 7. The Kier molecular flexibility index (Phi) is 6.86. The standard InChI is InChI=1S/C22H24N4O2S2/c1-2-28-19-6-4-3-5-16(19)13-24-21(27)18-15-30-22(25-18)17-7-8-20(23-14-17)26-9-11-29-12-10-26/h3-8,14-15H,2,9-13H2,1H3,(H,24,27). The molecule has 6 nitrogen and oxygen atoms in total. The molecule has 1 aromatic carbocycles. The van der Waals surface area contributed by atoms with Gasteiger partial charge in [-0.3, -0.25) is 4.79 Å². The predicted molar refractivity (Wildman–Crippen MR) is 124 cm³/mol. The van der Waals surface area contributed by atoms with E-state index in [0.717, 1.165) is 52.3 Å². The Bertz CT molecular complexity index is 985. The van der Waals surface area contributed by atoms with E-state index in [1.165, 1.54) is 11.3 Å². The van der Waals surface area contributed by atoms with E-state index in [1.807, 2.05) is 61.3 Å². The van der Waals surface area contributed by atoms with E-state index in [1.54, 1.807) is 5.38 Å². The van der Waals surface area contributed by atoms with Gasteiger partial charge in [0.05, 0.1) is 6.61 Å². The van der Waals surface area contributed by atoms with Gasteiger partial charge in [-0.25, -0.2) is 9.97 Å². The molecule has 1 aliphatic heterocycles. The third kappa shape index (κ3) is 4.94. The molecule has 30 heavy (non-hydrogen) atoms. The maximum absolute atomic E-state index is 12.6. The van der Waals surface area contributed by atoms with Crippen LogP contribution < -0.4 is 15.0 Å². The van der Waals surface area contributed by atoms with E-state index in [9.17, 15) is 4.79 Å². The molecule has 156 valence electrons. The van der Waals surface area contributed by atoms with Crippen LogP contribution >= 0.6 is 23.1 Å². The van der Waals surface area contributed by atoms with Gasteiger partial charge >= 0.3 is 0 Å². The summed E-state index contributed by atoms with van der Waals surface area (Å²) in [5.41, 5.74) is 2.29. The molecule has 0 saturated carbocycles. The highest BCUT2D eigenvalue weighted by molar-refractivity contribution is 7.99. The zero-order valence-electron chi connectivity index (χ0n) is 16.8. The largest absolute Gasteiger partial charge is 0.494 e. The van der Waals surface area contributed by atoms with Crippen LogP contribution in [-0.4, -0.2) is 47.1 Å². The van der Waals surface area contributed by atoms with Gasteiger partial charge in [-0.05, 0) is 25.1 Å². The number of nitrogens with one attached hydrogen (secondary N) is 1. The number of para-hydroxylation sites is 1. The van der Waals surface area contributed by atoms with Gasteiger partial charge in [0.15, 0.2) is 0 Å². The van der Waals surface area contributed by atoms with Crippen molar-refractivity contribution >= 4 is 34.8 Å². The number of thiazole rings is 1. The number of ether oxygens (including phenoxy) is 1. The van der Waals surface area contributed by atoms with Crippen molar-refractivity contribution < 1.29 is 9.53 Å². The number of aromatic nitrogens is 2. The number of carbonyl (C=O) groups excluding carboxylic acids is 1. The van der Waals surface area contributed by atoms with Crippen LogP contribution in [0.3, 0.4) is 0 Å². The zero-order chi connectivity index (χ0) is 20.8. The lowest BCUT2D eigenvalue weighted by Crippen LogP contribution is -2.32. The van der Waals surface area contributed by atoms with Crippen LogP contribution in [0.2, 0.25) is 0 Å². The number of benzene rings is 1. The minimum atomic E-state index is -0.195. The molecule has 0 radical (unpaired) electrons. The van der Waals surface area contributed by atoms with Crippen LogP contribution in [-0.2, 0) is 6.54 Å². The van der Waals surface area contributed by atoms with Crippen molar-refractivity contribution in [2.75, 3.05) is 36.1 Å². The van der Waals surface area contributed by atoms with Crippen molar-refractivity contribution in [1.82, 2.24) is 15.3 Å². The number of carbonyl (C=O) groups is 1. The van der Waals surface area contributed by atoms with Crippen molar-refractivity contribution in [3.63, 3.8) is 0 Å². The average Bonchev–Trinajstić information content (AvgIpc) is 3.30. The van der Waals surface area contributed by atoms with E-state index in [0.29, 0.717) is 18.8 Å². The van der Waals surface area contributed by atoms with Crippen LogP contribution in [0.5, 0.6) is 5.75 Å². The first-order chi connectivity index (χ1) is 14.7. The zero-order valence-corrected chi connectivity index (χ0v) is 18.5. The Morgan fingerprint density at radius 3 is 2.80 bits per heavy atom. The summed E-state index contributed by atoms with van der Waals surface area (Å²) in [6.45, 7) is 4.99. The third-order valence-electron chi connectivity index (χ3n) is 4.78. The van der Waals surface area contributed by atoms with Crippen LogP contribution in [0.1, 0.15) is 23.0 Å². The summed E-state index contributed by atoms with van der Waals surface area (Å²) in [6.07, 6.45) is 1.84. The highest BCUT2D eigenvalue weighted by Crippen LogP contribution is 2.26. The van der Waals surface area contributed by atoms with Gasteiger partial charge in [-0.15, -0.1) is 11.3 Å². The number of rotatable bonds is 7. The van der Waals surface area contributed by atoms with Crippen molar-refractivity contribution in [3.8, 4) is 16.3 Å². The molecule has 1 fully saturated rings. The van der Waals surface area contributed by atoms with Crippen LogP contribution in [0.15, 0.2) is 48.0 Å². The normalized spacial score (nSPS) is 13.8. The molecule has 3 aromatic rings. The molecule has 0 aliphatic carbocycles. The summed E-state index contributed by atoms with van der Waals surface area (Å²) < 4.78 is 5.61. The second kappa shape index (κ2) is 9.95. The van der Waals surface area contributed by atoms with E-state index < -0.39 is 0 Å². The molecule has 0 bridgehead atoms. The number of anilines is 1. The smallest absolute Gasteiger partial charge is 0.271 e. The predicted octanol–water partition coefficient (Wildman–Crippen LogP) is 4.09. The fourth-order valence-electron chi connectivity index (χ4n) is 3.21. The Hall–Kier alpha value is -2.58. The molecule has 0 atom stereocenters. The summed E-state index contributed by atoms with van der Waals surface area (Å²) in [7, 11) is 0. The van der Waals surface area contributed by atoms with Gasteiger partial charge < -0.3 is 15.0 Å². The lowest BCUT2D eigenvalue weighted by Gasteiger charge is -2.27. The molecule has 0 spiro atoms. The van der Waals surface area contributed by atoms with Crippen LogP contribution in [0, 0.1) is 0 Å². The molecule has 1 amide bonds. The van der Waals surface area contributed by atoms with Crippen molar-refractivity contribution in [1.29, 1.82) is 0 Å². The Morgan fingerprint density at radius 2 is 2.03 bits per heavy atom. The summed E-state index contributed by atoms with van der Waals surface area (Å²) in [5.74, 6) is 3.88.